The van der Waals surface area contributed by atoms with E-state index in [1.165, 1.54) is 16.2 Å². The summed E-state index contributed by atoms with van der Waals surface area (Å²) in [5, 5.41) is 13.2. The number of ketones is 1. The Bertz CT molecular complexity index is 1360. The standard InChI is InChI=1S/C24H20N2O7S2/c1-3-31-23(30)21-12(2)25-24(35-21)26-18(16-5-4-10-34-16)17(20(28)22(26)29)19(27)13-6-7-14-15(11-13)33-9-8-32-14/h4-7,10-11,18,27H,3,8-9H2,1-2H3/b19-17+. The number of aliphatic hydroxyl groups is 1. The van der Waals surface area contributed by atoms with Crippen molar-refractivity contribution in [2.24, 2.45) is 0 Å². The number of fused-ring (bicyclic) bond motifs is 1. The predicted octanol–water partition coefficient (Wildman–Crippen LogP) is 4.09. The Morgan fingerprint density at radius 1 is 1.23 bits per heavy atom. The van der Waals surface area contributed by atoms with E-state index in [1.807, 2.05) is 5.38 Å². The van der Waals surface area contributed by atoms with Crippen LogP contribution < -0.4 is 14.4 Å². The Hall–Kier alpha value is -3.70. The molecule has 0 bridgehead atoms. The molecule has 3 aromatic rings. The second-order valence-corrected chi connectivity index (χ2v) is 9.63. The van der Waals surface area contributed by atoms with Gasteiger partial charge in [0.05, 0.1) is 17.9 Å². The SMILES string of the molecule is CCOC(=O)c1sc(N2C(=O)C(=O)/C(=C(/O)c3ccc4c(c3)OCCO4)C2c2cccs2)nc1C. The van der Waals surface area contributed by atoms with Crippen molar-refractivity contribution < 1.29 is 33.7 Å². The van der Waals surface area contributed by atoms with Gasteiger partial charge in [-0.15, -0.1) is 11.3 Å². The number of anilines is 1. The minimum absolute atomic E-state index is 0.0698. The number of amides is 1. The molecule has 4 heterocycles. The van der Waals surface area contributed by atoms with Crippen LogP contribution in [-0.2, 0) is 14.3 Å². The average molecular weight is 513 g/mol. The first-order valence-electron chi connectivity index (χ1n) is 10.8. The van der Waals surface area contributed by atoms with E-state index in [1.54, 1.807) is 44.2 Å². The van der Waals surface area contributed by atoms with Crippen LogP contribution in [0.4, 0.5) is 5.13 Å². The molecule has 11 heteroatoms. The molecule has 180 valence electrons. The van der Waals surface area contributed by atoms with Gasteiger partial charge < -0.3 is 19.3 Å². The van der Waals surface area contributed by atoms with Crippen molar-refractivity contribution in [1.29, 1.82) is 0 Å². The number of thiophene rings is 1. The van der Waals surface area contributed by atoms with Crippen LogP contribution >= 0.6 is 22.7 Å². The Balaban J connectivity index is 1.63. The molecule has 1 aromatic carbocycles. The van der Waals surface area contributed by atoms with Crippen LogP contribution in [0.2, 0.25) is 0 Å². The number of nitrogens with zero attached hydrogens (tertiary/aromatic N) is 2. The molecule has 1 fully saturated rings. The molecule has 2 aliphatic rings. The number of aliphatic hydroxyl groups excluding tert-OH is 1. The van der Waals surface area contributed by atoms with Crippen molar-refractivity contribution in [3.63, 3.8) is 0 Å². The maximum absolute atomic E-state index is 13.3. The summed E-state index contributed by atoms with van der Waals surface area (Å²) in [5.74, 6) is -1.59. The molecule has 35 heavy (non-hydrogen) atoms. The van der Waals surface area contributed by atoms with Crippen molar-refractivity contribution in [3.05, 3.63) is 62.3 Å². The molecule has 1 saturated heterocycles. The van der Waals surface area contributed by atoms with E-state index in [2.05, 4.69) is 4.98 Å². The first kappa shape index (κ1) is 23.1. The van der Waals surface area contributed by atoms with Gasteiger partial charge in [0, 0.05) is 10.4 Å². The zero-order chi connectivity index (χ0) is 24.7. The molecular formula is C24H20N2O7S2. The minimum Gasteiger partial charge on any atom is -0.507 e. The van der Waals surface area contributed by atoms with Gasteiger partial charge in [-0.25, -0.2) is 9.78 Å². The number of esters is 1. The number of benzene rings is 1. The van der Waals surface area contributed by atoms with E-state index in [-0.39, 0.29) is 27.9 Å². The Labute approximate surface area is 208 Å². The summed E-state index contributed by atoms with van der Waals surface area (Å²) in [6.45, 7) is 4.31. The van der Waals surface area contributed by atoms with Gasteiger partial charge in [-0.3, -0.25) is 14.5 Å². The highest BCUT2D eigenvalue weighted by molar-refractivity contribution is 7.18. The number of hydrogen-bond donors (Lipinski definition) is 1. The molecule has 2 aromatic heterocycles. The van der Waals surface area contributed by atoms with Crippen LogP contribution in [0.25, 0.3) is 5.76 Å². The van der Waals surface area contributed by atoms with Crippen molar-refractivity contribution in [1.82, 2.24) is 4.98 Å². The van der Waals surface area contributed by atoms with Gasteiger partial charge in [-0.1, -0.05) is 17.4 Å². The second kappa shape index (κ2) is 9.16. The number of hydrogen-bond acceptors (Lipinski definition) is 10. The molecule has 1 atom stereocenters. The number of aryl methyl sites for hydroxylation is 1. The van der Waals surface area contributed by atoms with Gasteiger partial charge in [0.1, 0.15) is 29.9 Å². The molecular weight excluding hydrogens is 492 g/mol. The molecule has 1 unspecified atom stereocenters. The van der Waals surface area contributed by atoms with Crippen LogP contribution in [0, 0.1) is 6.92 Å². The number of carbonyl (C=O) groups excluding carboxylic acids is 3. The highest BCUT2D eigenvalue weighted by atomic mass is 32.1. The smallest absolute Gasteiger partial charge is 0.350 e. The lowest BCUT2D eigenvalue weighted by atomic mass is 9.99. The predicted molar refractivity (Wildman–Crippen MR) is 129 cm³/mol. The number of aromatic nitrogens is 1. The van der Waals surface area contributed by atoms with Gasteiger partial charge in [-0.05, 0) is 43.5 Å². The first-order chi connectivity index (χ1) is 16.9. The largest absolute Gasteiger partial charge is 0.507 e. The number of thiazole rings is 1. The average Bonchev–Trinajstić information content (AvgIpc) is 3.57. The lowest BCUT2D eigenvalue weighted by molar-refractivity contribution is -0.132. The summed E-state index contributed by atoms with van der Waals surface area (Å²) in [7, 11) is 0. The third-order valence-corrected chi connectivity index (χ3v) is 7.59. The van der Waals surface area contributed by atoms with Crippen molar-refractivity contribution in [3.8, 4) is 11.5 Å². The van der Waals surface area contributed by atoms with Crippen LogP contribution in [0.5, 0.6) is 11.5 Å². The molecule has 5 rings (SSSR count). The number of Topliss-reactive ketones (excluding diaryl/α,β-unsaturated/α-hetero) is 1. The summed E-state index contributed by atoms with van der Waals surface area (Å²) < 4.78 is 16.2. The zero-order valence-electron chi connectivity index (χ0n) is 18.8. The third kappa shape index (κ3) is 3.96. The van der Waals surface area contributed by atoms with Gasteiger partial charge in [0.25, 0.3) is 5.78 Å². The monoisotopic (exact) mass is 512 g/mol. The summed E-state index contributed by atoms with van der Waals surface area (Å²) in [6.07, 6.45) is 0. The molecule has 0 radical (unpaired) electrons. The normalized spacial score (nSPS) is 18.7. The summed E-state index contributed by atoms with van der Waals surface area (Å²) >= 11 is 2.31. The summed E-state index contributed by atoms with van der Waals surface area (Å²) in [4.78, 5) is 45.4. The lowest BCUT2D eigenvalue weighted by Crippen LogP contribution is -2.29. The van der Waals surface area contributed by atoms with Crippen molar-refractivity contribution in [2.45, 2.75) is 19.9 Å². The Kier molecular flexibility index (Phi) is 6.03. The quantitative estimate of drug-likeness (QED) is 0.235. The maximum Gasteiger partial charge on any atom is 0.350 e. The highest BCUT2D eigenvalue weighted by Crippen LogP contribution is 2.45. The van der Waals surface area contributed by atoms with E-state index in [0.717, 1.165) is 11.3 Å². The summed E-state index contributed by atoms with van der Waals surface area (Å²) in [5.41, 5.74) is 0.637. The van der Waals surface area contributed by atoms with Crippen LogP contribution in [0.1, 0.15) is 38.8 Å². The second-order valence-electron chi connectivity index (χ2n) is 7.67. The number of ether oxygens (including phenoxy) is 3. The van der Waals surface area contributed by atoms with E-state index >= 15 is 0 Å². The molecule has 1 N–H and O–H groups in total. The van der Waals surface area contributed by atoms with E-state index < -0.39 is 23.7 Å². The molecule has 0 aliphatic carbocycles. The van der Waals surface area contributed by atoms with E-state index in [4.69, 9.17) is 14.2 Å². The van der Waals surface area contributed by atoms with Crippen molar-refractivity contribution in [2.75, 3.05) is 24.7 Å². The zero-order valence-corrected chi connectivity index (χ0v) is 20.4. The van der Waals surface area contributed by atoms with Crippen molar-refractivity contribution >= 4 is 51.2 Å². The van der Waals surface area contributed by atoms with Crippen LogP contribution in [-0.4, -0.2) is 47.6 Å². The fourth-order valence-electron chi connectivity index (χ4n) is 3.96. The fourth-order valence-corrected chi connectivity index (χ4v) is 5.77. The number of carbonyl (C=O) groups is 3. The minimum atomic E-state index is -0.913. The highest BCUT2D eigenvalue weighted by Gasteiger charge is 2.49. The molecule has 9 nitrogen and oxygen atoms in total. The molecule has 2 aliphatic heterocycles. The van der Waals surface area contributed by atoms with Crippen LogP contribution in [0.3, 0.4) is 0 Å². The van der Waals surface area contributed by atoms with E-state index in [9.17, 15) is 19.5 Å². The topological polar surface area (TPSA) is 115 Å². The lowest BCUT2D eigenvalue weighted by Gasteiger charge is -2.22. The molecule has 0 spiro atoms. The van der Waals surface area contributed by atoms with Gasteiger partial charge in [-0.2, -0.15) is 0 Å². The Morgan fingerprint density at radius 2 is 2.00 bits per heavy atom. The van der Waals surface area contributed by atoms with Gasteiger partial charge in [0.2, 0.25) is 0 Å². The van der Waals surface area contributed by atoms with Gasteiger partial charge >= 0.3 is 11.9 Å². The maximum atomic E-state index is 13.3. The molecule has 0 saturated carbocycles. The fraction of sp³-hybridized carbons (Fsp3) is 0.250. The van der Waals surface area contributed by atoms with Gasteiger partial charge in [0.15, 0.2) is 16.6 Å². The third-order valence-electron chi connectivity index (χ3n) is 5.52. The summed E-state index contributed by atoms with van der Waals surface area (Å²) in [6, 6.07) is 7.49. The van der Waals surface area contributed by atoms with E-state index in [0.29, 0.717) is 40.8 Å². The molecule has 1 amide bonds. The first-order valence-corrected chi connectivity index (χ1v) is 12.5. The Morgan fingerprint density at radius 3 is 2.71 bits per heavy atom. The van der Waals surface area contributed by atoms with Crippen LogP contribution in [0.15, 0.2) is 41.3 Å². The number of rotatable bonds is 5.